The number of benzene rings is 1. The zero-order valence-electron chi connectivity index (χ0n) is 12.8. The van der Waals surface area contributed by atoms with Crippen molar-refractivity contribution in [3.8, 4) is 0 Å². The molecule has 0 radical (unpaired) electrons. The van der Waals surface area contributed by atoms with Crippen LogP contribution in [-0.4, -0.2) is 61.2 Å². The van der Waals surface area contributed by atoms with Crippen molar-refractivity contribution in [2.24, 2.45) is 11.7 Å². The number of nitrogens with zero attached hydrogens (tertiary/aromatic N) is 2. The van der Waals surface area contributed by atoms with E-state index in [0.29, 0.717) is 18.0 Å². The average Bonchev–Trinajstić information content (AvgIpc) is 2.84. The van der Waals surface area contributed by atoms with Gasteiger partial charge in [-0.3, -0.25) is 0 Å². The molecule has 1 saturated heterocycles. The highest BCUT2D eigenvalue weighted by atomic mass is 16.4. The number of carbonyl (C=O) groups is 1. The quantitative estimate of drug-likeness (QED) is 0.811. The van der Waals surface area contributed by atoms with Crippen LogP contribution in [0.1, 0.15) is 12.0 Å². The lowest BCUT2D eigenvalue weighted by molar-refractivity contribution is -0.144. The predicted octanol–water partition coefficient (Wildman–Crippen LogP) is 0.809. The second-order valence-corrected chi connectivity index (χ2v) is 6.26. The van der Waals surface area contributed by atoms with E-state index in [2.05, 4.69) is 11.9 Å². The van der Waals surface area contributed by atoms with Gasteiger partial charge in [0, 0.05) is 19.6 Å². The number of likely N-dealkylation sites (tertiary alicyclic amines) is 1. The van der Waals surface area contributed by atoms with E-state index >= 15 is 0 Å². The maximum Gasteiger partial charge on any atom is 0.329 e. The number of carboxylic acid groups (broad SMARTS) is 1. The fourth-order valence-corrected chi connectivity index (χ4v) is 3.12. The molecular weight excluding hydrogens is 266 g/mol. The minimum Gasteiger partial charge on any atom is -0.480 e. The zero-order valence-corrected chi connectivity index (χ0v) is 12.8. The van der Waals surface area contributed by atoms with Gasteiger partial charge in [0.1, 0.15) is 0 Å². The molecule has 1 aliphatic heterocycles. The van der Waals surface area contributed by atoms with Gasteiger partial charge in [-0.25, -0.2) is 4.79 Å². The number of hydrogen-bond acceptors (Lipinski definition) is 4. The third-order valence-electron chi connectivity index (χ3n) is 4.25. The van der Waals surface area contributed by atoms with Crippen molar-refractivity contribution in [3.63, 3.8) is 0 Å². The van der Waals surface area contributed by atoms with Gasteiger partial charge in [0.2, 0.25) is 0 Å². The molecule has 0 saturated carbocycles. The van der Waals surface area contributed by atoms with Gasteiger partial charge in [-0.05, 0) is 38.5 Å². The van der Waals surface area contributed by atoms with Gasteiger partial charge in [0.25, 0.3) is 0 Å². The van der Waals surface area contributed by atoms with Crippen molar-refractivity contribution in [3.05, 3.63) is 35.9 Å². The van der Waals surface area contributed by atoms with Crippen molar-refractivity contribution < 1.29 is 9.90 Å². The summed E-state index contributed by atoms with van der Waals surface area (Å²) < 4.78 is 0. The first kappa shape index (κ1) is 15.9. The molecule has 1 heterocycles. The molecular formula is C16H25N3O2. The highest BCUT2D eigenvalue weighted by molar-refractivity contribution is 5.80. The molecule has 0 aromatic heterocycles. The largest absolute Gasteiger partial charge is 0.480 e. The molecule has 5 nitrogen and oxygen atoms in total. The minimum atomic E-state index is -1.36. The highest BCUT2D eigenvalue weighted by Gasteiger charge is 2.37. The van der Waals surface area contributed by atoms with Crippen LogP contribution in [0.2, 0.25) is 0 Å². The first-order chi connectivity index (χ1) is 9.91. The summed E-state index contributed by atoms with van der Waals surface area (Å²) in [7, 11) is 4.07. The van der Waals surface area contributed by atoms with Gasteiger partial charge in [-0.1, -0.05) is 30.3 Å². The predicted molar refractivity (Wildman–Crippen MR) is 83.0 cm³/mol. The van der Waals surface area contributed by atoms with E-state index in [0.717, 1.165) is 26.1 Å². The Hall–Kier alpha value is -1.43. The molecule has 0 amide bonds. The number of likely N-dealkylation sites (N-methyl/N-ethyl adjacent to an activating group) is 1. The normalized spacial score (nSPS) is 22.4. The summed E-state index contributed by atoms with van der Waals surface area (Å²) in [5, 5.41) is 9.58. The fraction of sp³-hybridized carbons (Fsp3) is 0.562. The molecule has 1 fully saturated rings. The lowest BCUT2D eigenvalue weighted by atomic mass is 9.90. The monoisotopic (exact) mass is 291 g/mol. The molecule has 116 valence electrons. The van der Waals surface area contributed by atoms with Crippen LogP contribution in [0.4, 0.5) is 0 Å². The van der Waals surface area contributed by atoms with Gasteiger partial charge in [-0.15, -0.1) is 0 Å². The Morgan fingerprint density at radius 2 is 2.14 bits per heavy atom. The molecule has 1 aromatic carbocycles. The number of hydrogen-bond donors (Lipinski definition) is 2. The van der Waals surface area contributed by atoms with Crippen LogP contribution in [0.15, 0.2) is 30.3 Å². The molecule has 1 aliphatic rings. The minimum absolute atomic E-state index is 0.312. The van der Waals surface area contributed by atoms with E-state index < -0.39 is 11.5 Å². The van der Waals surface area contributed by atoms with Crippen LogP contribution in [-0.2, 0) is 10.3 Å². The number of rotatable bonds is 6. The lowest BCUT2D eigenvalue weighted by Gasteiger charge is -2.31. The SMILES string of the molecule is CN1CCC(CN(C)CC(N)(C(=O)O)c2ccccc2)C1. The topological polar surface area (TPSA) is 69.8 Å². The number of aliphatic carboxylic acids is 1. The molecule has 21 heavy (non-hydrogen) atoms. The maximum atomic E-state index is 11.7. The van der Waals surface area contributed by atoms with Crippen molar-refractivity contribution in [1.29, 1.82) is 0 Å². The summed E-state index contributed by atoms with van der Waals surface area (Å²) in [5.74, 6) is -0.391. The van der Waals surface area contributed by atoms with Gasteiger partial charge in [0.05, 0.1) is 0 Å². The average molecular weight is 291 g/mol. The molecule has 2 unspecified atom stereocenters. The lowest BCUT2D eigenvalue weighted by Crippen LogP contribution is -2.53. The summed E-state index contributed by atoms with van der Waals surface area (Å²) in [6.45, 7) is 3.38. The van der Waals surface area contributed by atoms with Crippen molar-refractivity contribution >= 4 is 5.97 Å². The first-order valence-corrected chi connectivity index (χ1v) is 7.36. The van der Waals surface area contributed by atoms with Crippen LogP contribution < -0.4 is 5.73 Å². The fourth-order valence-electron chi connectivity index (χ4n) is 3.12. The highest BCUT2D eigenvalue weighted by Crippen LogP contribution is 2.21. The molecule has 1 aromatic rings. The zero-order chi connectivity index (χ0) is 15.5. The van der Waals surface area contributed by atoms with Gasteiger partial charge in [-0.2, -0.15) is 0 Å². The van der Waals surface area contributed by atoms with E-state index in [1.165, 1.54) is 0 Å². The van der Waals surface area contributed by atoms with Crippen LogP contribution in [0.5, 0.6) is 0 Å². The van der Waals surface area contributed by atoms with Gasteiger partial charge < -0.3 is 20.6 Å². The standard InChI is InChI=1S/C16H25N3O2/c1-18-9-8-13(10-18)11-19(2)12-16(17,15(20)21)14-6-4-3-5-7-14/h3-7,13H,8-12,17H2,1-2H3,(H,20,21). The molecule has 0 bridgehead atoms. The third-order valence-corrected chi connectivity index (χ3v) is 4.25. The van der Waals surface area contributed by atoms with Crippen molar-refractivity contribution in [2.45, 2.75) is 12.0 Å². The van der Waals surface area contributed by atoms with E-state index in [1.807, 2.05) is 30.1 Å². The maximum absolute atomic E-state index is 11.7. The summed E-state index contributed by atoms with van der Waals surface area (Å²) in [6, 6.07) is 9.08. The molecule has 2 atom stereocenters. The third kappa shape index (κ3) is 3.81. The van der Waals surface area contributed by atoms with E-state index in [-0.39, 0.29) is 0 Å². The molecule has 5 heteroatoms. The summed E-state index contributed by atoms with van der Waals surface area (Å²) in [6.07, 6.45) is 1.16. The van der Waals surface area contributed by atoms with Crippen molar-refractivity contribution in [2.75, 3.05) is 40.3 Å². The Kier molecular flexibility index (Phi) is 4.98. The van der Waals surface area contributed by atoms with E-state index in [1.54, 1.807) is 12.1 Å². The van der Waals surface area contributed by atoms with Crippen LogP contribution >= 0.6 is 0 Å². The molecule has 2 rings (SSSR count). The molecule has 0 spiro atoms. The Morgan fingerprint density at radius 3 is 2.67 bits per heavy atom. The van der Waals surface area contributed by atoms with Crippen LogP contribution in [0.25, 0.3) is 0 Å². The summed E-state index contributed by atoms with van der Waals surface area (Å²) in [5.41, 5.74) is 5.50. The van der Waals surface area contributed by atoms with Gasteiger partial charge >= 0.3 is 5.97 Å². The van der Waals surface area contributed by atoms with Crippen LogP contribution in [0.3, 0.4) is 0 Å². The molecule has 3 N–H and O–H groups in total. The summed E-state index contributed by atoms with van der Waals surface area (Å²) in [4.78, 5) is 16.0. The first-order valence-electron chi connectivity index (χ1n) is 7.36. The van der Waals surface area contributed by atoms with Crippen molar-refractivity contribution in [1.82, 2.24) is 9.80 Å². The van der Waals surface area contributed by atoms with Crippen LogP contribution in [0, 0.1) is 5.92 Å². The smallest absolute Gasteiger partial charge is 0.329 e. The Labute approximate surface area is 126 Å². The number of nitrogens with two attached hydrogens (primary N) is 1. The number of carboxylic acids is 1. The van der Waals surface area contributed by atoms with E-state index in [4.69, 9.17) is 5.73 Å². The Morgan fingerprint density at radius 1 is 1.48 bits per heavy atom. The second-order valence-electron chi connectivity index (χ2n) is 6.26. The molecule has 0 aliphatic carbocycles. The summed E-state index contributed by atoms with van der Waals surface area (Å²) >= 11 is 0. The van der Waals surface area contributed by atoms with E-state index in [9.17, 15) is 9.90 Å². The Balaban J connectivity index is 2.04. The van der Waals surface area contributed by atoms with Gasteiger partial charge in [0.15, 0.2) is 5.54 Å². The Bertz CT molecular complexity index is 480. The second kappa shape index (κ2) is 6.56.